The molecule has 0 spiro atoms. The molecule has 20 heavy (non-hydrogen) atoms. The van der Waals surface area contributed by atoms with Crippen LogP contribution in [0.3, 0.4) is 0 Å². The SMILES string of the molecule is Cc1nnc(Oc2ccc(CC(N)C(=O)O)cc2)nn1. The van der Waals surface area contributed by atoms with Gasteiger partial charge in [-0.2, -0.15) is 0 Å². The van der Waals surface area contributed by atoms with Gasteiger partial charge >= 0.3 is 12.0 Å². The maximum absolute atomic E-state index is 10.7. The van der Waals surface area contributed by atoms with E-state index >= 15 is 0 Å². The summed E-state index contributed by atoms with van der Waals surface area (Å²) in [6.07, 6.45) is 0.250. The molecular formula is C12H13N5O3. The molecule has 1 unspecified atom stereocenters. The fourth-order valence-corrected chi connectivity index (χ4v) is 1.45. The van der Waals surface area contributed by atoms with Gasteiger partial charge in [-0.3, -0.25) is 4.79 Å². The maximum atomic E-state index is 10.7. The van der Waals surface area contributed by atoms with Crippen LogP contribution in [0.25, 0.3) is 0 Å². The van der Waals surface area contributed by atoms with Gasteiger partial charge in [-0.15, -0.1) is 10.2 Å². The lowest BCUT2D eigenvalue weighted by Crippen LogP contribution is -2.32. The van der Waals surface area contributed by atoms with Crippen molar-refractivity contribution in [2.75, 3.05) is 0 Å². The number of aliphatic carboxylic acids is 1. The molecule has 2 aromatic rings. The predicted octanol–water partition coefficient (Wildman–Crippen LogP) is 0.322. The number of rotatable bonds is 5. The van der Waals surface area contributed by atoms with Crippen molar-refractivity contribution in [3.63, 3.8) is 0 Å². The first kappa shape index (κ1) is 13.8. The molecule has 2 rings (SSSR count). The summed E-state index contributed by atoms with van der Waals surface area (Å²) in [5.74, 6) is -0.0732. The Morgan fingerprint density at radius 1 is 1.25 bits per heavy atom. The molecule has 0 aliphatic carbocycles. The highest BCUT2D eigenvalue weighted by Gasteiger charge is 2.12. The molecule has 8 heteroatoms. The van der Waals surface area contributed by atoms with Gasteiger partial charge < -0.3 is 15.6 Å². The molecular weight excluding hydrogens is 262 g/mol. The predicted molar refractivity (Wildman–Crippen MR) is 68.2 cm³/mol. The van der Waals surface area contributed by atoms with Gasteiger partial charge in [0.2, 0.25) is 0 Å². The number of carbonyl (C=O) groups is 1. The van der Waals surface area contributed by atoms with Crippen molar-refractivity contribution in [3.05, 3.63) is 35.7 Å². The van der Waals surface area contributed by atoms with Gasteiger partial charge in [0.15, 0.2) is 5.82 Å². The van der Waals surface area contributed by atoms with Crippen LogP contribution in [0.2, 0.25) is 0 Å². The largest absolute Gasteiger partial charge is 0.480 e. The summed E-state index contributed by atoms with van der Waals surface area (Å²) in [7, 11) is 0. The molecule has 0 saturated carbocycles. The van der Waals surface area contributed by atoms with Crippen LogP contribution in [-0.2, 0) is 11.2 Å². The molecule has 0 fully saturated rings. The Morgan fingerprint density at radius 2 is 1.85 bits per heavy atom. The quantitative estimate of drug-likeness (QED) is 0.799. The molecule has 0 radical (unpaired) electrons. The Bertz CT molecular complexity index is 585. The number of nitrogens with zero attached hydrogens (tertiary/aromatic N) is 4. The van der Waals surface area contributed by atoms with Crippen molar-refractivity contribution in [2.24, 2.45) is 5.73 Å². The van der Waals surface area contributed by atoms with E-state index in [9.17, 15) is 4.79 Å². The van der Waals surface area contributed by atoms with Crippen molar-refractivity contribution >= 4 is 5.97 Å². The minimum Gasteiger partial charge on any atom is -0.480 e. The first-order valence-corrected chi connectivity index (χ1v) is 5.84. The van der Waals surface area contributed by atoms with Gasteiger partial charge in [0.1, 0.15) is 11.8 Å². The van der Waals surface area contributed by atoms with E-state index in [0.29, 0.717) is 11.6 Å². The lowest BCUT2D eigenvalue weighted by atomic mass is 10.1. The van der Waals surface area contributed by atoms with Gasteiger partial charge in [-0.25, -0.2) is 0 Å². The van der Waals surface area contributed by atoms with Crippen molar-refractivity contribution < 1.29 is 14.6 Å². The number of hydrogen-bond donors (Lipinski definition) is 2. The second kappa shape index (κ2) is 6.02. The average molecular weight is 275 g/mol. The Morgan fingerprint density at radius 3 is 2.40 bits per heavy atom. The van der Waals surface area contributed by atoms with Crippen LogP contribution < -0.4 is 10.5 Å². The van der Waals surface area contributed by atoms with Gasteiger partial charge in [0, 0.05) is 0 Å². The second-order valence-electron chi connectivity index (χ2n) is 4.12. The van der Waals surface area contributed by atoms with Gasteiger partial charge in [-0.05, 0) is 31.0 Å². The van der Waals surface area contributed by atoms with Crippen LogP contribution in [0.4, 0.5) is 0 Å². The molecule has 0 saturated heterocycles. The zero-order valence-corrected chi connectivity index (χ0v) is 10.7. The third-order valence-electron chi connectivity index (χ3n) is 2.47. The molecule has 1 atom stereocenters. The van der Waals surface area contributed by atoms with E-state index in [4.69, 9.17) is 15.6 Å². The number of hydrogen-bond acceptors (Lipinski definition) is 7. The van der Waals surface area contributed by atoms with Gasteiger partial charge in [-0.1, -0.05) is 22.3 Å². The summed E-state index contributed by atoms with van der Waals surface area (Å²) < 4.78 is 5.35. The Labute approximate surface area is 114 Å². The Hall–Kier alpha value is -2.61. The summed E-state index contributed by atoms with van der Waals surface area (Å²) >= 11 is 0. The summed E-state index contributed by atoms with van der Waals surface area (Å²) in [6.45, 7) is 1.67. The zero-order chi connectivity index (χ0) is 14.5. The standard InChI is InChI=1S/C12H13N5O3/c1-7-14-16-12(17-15-7)20-9-4-2-8(3-5-9)6-10(13)11(18)19/h2-5,10H,6,13H2,1H3,(H,18,19). The van der Waals surface area contributed by atoms with Crippen LogP contribution >= 0.6 is 0 Å². The van der Waals surface area contributed by atoms with E-state index in [0.717, 1.165) is 5.56 Å². The molecule has 0 bridgehead atoms. The summed E-state index contributed by atoms with van der Waals surface area (Å²) in [4.78, 5) is 10.7. The fourth-order valence-electron chi connectivity index (χ4n) is 1.45. The highest BCUT2D eigenvalue weighted by atomic mass is 16.5. The number of carboxylic acid groups (broad SMARTS) is 1. The molecule has 104 valence electrons. The number of nitrogens with two attached hydrogens (primary N) is 1. The monoisotopic (exact) mass is 275 g/mol. The van der Waals surface area contributed by atoms with E-state index in [1.165, 1.54) is 0 Å². The second-order valence-corrected chi connectivity index (χ2v) is 4.12. The minimum absolute atomic E-state index is 0.0468. The zero-order valence-electron chi connectivity index (χ0n) is 10.7. The first-order chi connectivity index (χ1) is 9.54. The number of aromatic nitrogens is 4. The third kappa shape index (κ3) is 3.69. The van der Waals surface area contributed by atoms with Crippen molar-refractivity contribution in [1.29, 1.82) is 0 Å². The maximum Gasteiger partial charge on any atom is 0.360 e. The van der Waals surface area contributed by atoms with Crippen LogP contribution in [0.15, 0.2) is 24.3 Å². The van der Waals surface area contributed by atoms with E-state index in [-0.39, 0.29) is 12.4 Å². The number of benzene rings is 1. The lowest BCUT2D eigenvalue weighted by Gasteiger charge is -2.07. The fraction of sp³-hybridized carbons (Fsp3) is 0.250. The number of aryl methyl sites for hydroxylation is 1. The normalized spacial score (nSPS) is 11.9. The van der Waals surface area contributed by atoms with E-state index < -0.39 is 12.0 Å². The van der Waals surface area contributed by atoms with Crippen molar-refractivity contribution in [3.8, 4) is 11.8 Å². The topological polar surface area (TPSA) is 124 Å². The summed E-state index contributed by atoms with van der Waals surface area (Å²) in [5, 5.41) is 23.6. The molecule has 0 amide bonds. The smallest absolute Gasteiger partial charge is 0.360 e. The molecule has 0 aliphatic heterocycles. The van der Waals surface area contributed by atoms with Crippen LogP contribution in [0.5, 0.6) is 11.8 Å². The summed E-state index contributed by atoms with van der Waals surface area (Å²) in [5.41, 5.74) is 6.26. The third-order valence-corrected chi connectivity index (χ3v) is 2.47. The average Bonchev–Trinajstić information content (AvgIpc) is 2.43. The highest BCUT2D eigenvalue weighted by molar-refractivity contribution is 5.73. The van der Waals surface area contributed by atoms with Crippen LogP contribution in [0, 0.1) is 6.92 Å². The Balaban J connectivity index is 2.01. The lowest BCUT2D eigenvalue weighted by molar-refractivity contribution is -0.138. The minimum atomic E-state index is -1.03. The summed E-state index contributed by atoms with van der Waals surface area (Å²) in [6, 6.07) is 5.93. The van der Waals surface area contributed by atoms with Gasteiger partial charge in [0.25, 0.3) is 0 Å². The molecule has 3 N–H and O–H groups in total. The van der Waals surface area contributed by atoms with E-state index in [1.807, 2.05) is 0 Å². The van der Waals surface area contributed by atoms with Crippen molar-refractivity contribution in [1.82, 2.24) is 20.4 Å². The van der Waals surface area contributed by atoms with Gasteiger partial charge in [0.05, 0.1) is 0 Å². The molecule has 0 aliphatic rings. The molecule has 1 heterocycles. The van der Waals surface area contributed by atoms with E-state index in [2.05, 4.69) is 20.4 Å². The number of ether oxygens (including phenoxy) is 1. The van der Waals surface area contributed by atoms with Crippen LogP contribution in [-0.4, -0.2) is 37.5 Å². The van der Waals surface area contributed by atoms with Crippen molar-refractivity contribution in [2.45, 2.75) is 19.4 Å². The number of carboxylic acids is 1. The molecule has 1 aromatic heterocycles. The van der Waals surface area contributed by atoms with Crippen LogP contribution in [0.1, 0.15) is 11.4 Å². The molecule has 1 aromatic carbocycles. The first-order valence-electron chi connectivity index (χ1n) is 5.84. The molecule has 8 nitrogen and oxygen atoms in total. The van der Waals surface area contributed by atoms with E-state index in [1.54, 1.807) is 31.2 Å². The highest BCUT2D eigenvalue weighted by Crippen LogP contribution is 2.17. The Kier molecular flexibility index (Phi) is 4.16.